The van der Waals surface area contributed by atoms with E-state index in [9.17, 15) is 9.18 Å². The Morgan fingerprint density at radius 3 is 2.87 bits per heavy atom. The number of thiazole rings is 1. The molecule has 1 N–H and O–H groups in total. The highest BCUT2D eigenvalue weighted by molar-refractivity contribution is 7.13. The van der Waals surface area contributed by atoms with Crippen molar-refractivity contribution < 1.29 is 18.3 Å². The predicted octanol–water partition coefficient (Wildman–Crippen LogP) is 5.70. The fourth-order valence-electron chi connectivity index (χ4n) is 2.73. The minimum Gasteiger partial charge on any atom is -0.489 e. The lowest BCUT2D eigenvalue weighted by atomic mass is 10.2. The van der Waals surface area contributed by atoms with E-state index in [1.165, 1.54) is 23.5 Å². The molecule has 0 spiro atoms. The van der Waals surface area contributed by atoms with Crippen LogP contribution in [0.5, 0.6) is 5.75 Å². The third-order valence-electron chi connectivity index (χ3n) is 4.21. The molecule has 2 heterocycles. The third-order valence-corrected chi connectivity index (χ3v) is 5.39. The molecule has 4 rings (SSSR count). The molecule has 0 aliphatic heterocycles. The Morgan fingerprint density at radius 2 is 2.10 bits per heavy atom. The molecule has 2 aromatic carbocycles. The Hall–Kier alpha value is -3.16. The van der Waals surface area contributed by atoms with E-state index in [1.54, 1.807) is 54.1 Å². The molecular weight excluding hydrogens is 427 g/mol. The number of hydrogen-bond donors (Lipinski definition) is 1. The molecule has 30 heavy (non-hydrogen) atoms. The van der Waals surface area contributed by atoms with E-state index < -0.39 is 0 Å². The van der Waals surface area contributed by atoms with Crippen LogP contribution in [-0.2, 0) is 13.2 Å². The molecule has 152 valence electrons. The minimum atomic E-state index is -0.308. The van der Waals surface area contributed by atoms with Crippen molar-refractivity contribution in [2.24, 2.45) is 0 Å². The number of benzene rings is 2. The topological polar surface area (TPSA) is 64.4 Å². The summed E-state index contributed by atoms with van der Waals surface area (Å²) in [5.41, 5.74) is 1.73. The highest BCUT2D eigenvalue weighted by atomic mass is 35.5. The van der Waals surface area contributed by atoms with Gasteiger partial charge in [-0.15, -0.1) is 11.3 Å². The van der Waals surface area contributed by atoms with E-state index in [4.69, 9.17) is 20.8 Å². The SMILES string of the molecule is O=C(NCc1ccco1)c1csc(-c2ccc(OCc3cccc(F)c3)cc2Cl)n1. The average Bonchev–Trinajstić information content (AvgIpc) is 3.43. The Kier molecular flexibility index (Phi) is 6.11. The van der Waals surface area contributed by atoms with Crippen LogP contribution in [0.25, 0.3) is 10.6 Å². The number of nitrogens with zero attached hydrogens (tertiary/aromatic N) is 1. The van der Waals surface area contributed by atoms with Gasteiger partial charge in [0.1, 0.15) is 34.6 Å². The van der Waals surface area contributed by atoms with Gasteiger partial charge in [-0.25, -0.2) is 9.37 Å². The van der Waals surface area contributed by atoms with Gasteiger partial charge in [0.2, 0.25) is 0 Å². The van der Waals surface area contributed by atoms with Crippen LogP contribution in [-0.4, -0.2) is 10.9 Å². The van der Waals surface area contributed by atoms with E-state index in [0.29, 0.717) is 32.8 Å². The molecule has 5 nitrogen and oxygen atoms in total. The van der Waals surface area contributed by atoms with Gasteiger partial charge in [-0.2, -0.15) is 0 Å². The number of amides is 1. The number of carbonyl (C=O) groups excluding carboxylic acids is 1. The van der Waals surface area contributed by atoms with E-state index in [2.05, 4.69) is 10.3 Å². The molecule has 0 saturated carbocycles. The van der Waals surface area contributed by atoms with Gasteiger partial charge in [0.05, 0.1) is 17.8 Å². The number of ether oxygens (including phenoxy) is 1. The fourth-order valence-corrected chi connectivity index (χ4v) is 3.88. The van der Waals surface area contributed by atoms with Gasteiger partial charge in [-0.3, -0.25) is 4.79 Å². The fraction of sp³-hybridized carbons (Fsp3) is 0.0909. The van der Waals surface area contributed by atoms with Gasteiger partial charge >= 0.3 is 0 Å². The number of aromatic nitrogens is 1. The zero-order valence-electron chi connectivity index (χ0n) is 15.6. The van der Waals surface area contributed by atoms with E-state index >= 15 is 0 Å². The summed E-state index contributed by atoms with van der Waals surface area (Å²) in [5.74, 6) is 0.619. The molecule has 1 amide bonds. The molecule has 2 aromatic heterocycles. The highest BCUT2D eigenvalue weighted by Crippen LogP contribution is 2.33. The molecule has 0 aliphatic rings. The first-order chi connectivity index (χ1) is 14.6. The van der Waals surface area contributed by atoms with Gasteiger partial charge in [0.25, 0.3) is 5.91 Å². The molecule has 0 atom stereocenters. The maximum atomic E-state index is 13.3. The number of carbonyl (C=O) groups is 1. The summed E-state index contributed by atoms with van der Waals surface area (Å²) in [4.78, 5) is 16.7. The van der Waals surface area contributed by atoms with E-state index in [1.807, 2.05) is 0 Å². The average molecular weight is 443 g/mol. The number of halogens is 2. The van der Waals surface area contributed by atoms with Crippen LogP contribution in [0.4, 0.5) is 4.39 Å². The van der Waals surface area contributed by atoms with Crippen molar-refractivity contribution in [3.05, 3.63) is 94.1 Å². The van der Waals surface area contributed by atoms with Crippen LogP contribution in [0.3, 0.4) is 0 Å². The first-order valence-electron chi connectivity index (χ1n) is 9.02. The summed E-state index contributed by atoms with van der Waals surface area (Å²) >= 11 is 7.73. The van der Waals surface area contributed by atoms with Gasteiger partial charge in [0, 0.05) is 10.9 Å². The molecule has 0 aliphatic carbocycles. The van der Waals surface area contributed by atoms with Gasteiger partial charge in [-0.1, -0.05) is 23.7 Å². The smallest absolute Gasteiger partial charge is 0.271 e. The summed E-state index contributed by atoms with van der Waals surface area (Å²) in [5, 5.41) is 5.51. The molecule has 4 aromatic rings. The van der Waals surface area contributed by atoms with Crippen molar-refractivity contribution in [3.63, 3.8) is 0 Å². The summed E-state index contributed by atoms with van der Waals surface area (Å²) in [6.07, 6.45) is 1.55. The first kappa shape index (κ1) is 20.1. The number of furan rings is 1. The van der Waals surface area contributed by atoms with Crippen molar-refractivity contribution in [3.8, 4) is 16.3 Å². The molecule has 0 unspecified atom stereocenters. The van der Waals surface area contributed by atoms with Crippen molar-refractivity contribution in [2.45, 2.75) is 13.2 Å². The van der Waals surface area contributed by atoms with Crippen molar-refractivity contribution >= 4 is 28.8 Å². The third kappa shape index (κ3) is 4.87. The second-order valence-corrected chi connectivity index (χ2v) is 7.63. The first-order valence-corrected chi connectivity index (χ1v) is 10.3. The maximum absolute atomic E-state index is 13.3. The van der Waals surface area contributed by atoms with Gasteiger partial charge in [0.15, 0.2) is 0 Å². The maximum Gasteiger partial charge on any atom is 0.271 e. The lowest BCUT2D eigenvalue weighted by Crippen LogP contribution is -2.22. The van der Waals surface area contributed by atoms with E-state index in [0.717, 1.165) is 5.56 Å². The van der Waals surface area contributed by atoms with Crippen LogP contribution in [0.1, 0.15) is 21.8 Å². The standard InChI is InChI=1S/C22H16ClFN2O3S/c23-19-10-16(29-12-14-3-1-4-15(24)9-14)6-7-18(19)22-26-20(13-30-22)21(27)25-11-17-5-2-8-28-17/h1-10,13H,11-12H2,(H,25,27). The quantitative estimate of drug-likeness (QED) is 0.398. The monoisotopic (exact) mass is 442 g/mol. The zero-order valence-corrected chi connectivity index (χ0v) is 17.2. The molecule has 0 radical (unpaired) electrons. The Morgan fingerprint density at radius 1 is 1.20 bits per heavy atom. The molecular formula is C22H16ClFN2O3S. The normalized spacial score (nSPS) is 10.7. The molecule has 0 bridgehead atoms. The molecule has 0 saturated heterocycles. The van der Waals surface area contributed by atoms with Crippen LogP contribution in [0.15, 0.2) is 70.7 Å². The largest absolute Gasteiger partial charge is 0.489 e. The number of nitrogens with one attached hydrogen (secondary N) is 1. The zero-order chi connectivity index (χ0) is 20.9. The van der Waals surface area contributed by atoms with Crippen LogP contribution < -0.4 is 10.1 Å². The lowest BCUT2D eigenvalue weighted by molar-refractivity contribution is 0.0944. The molecule has 0 fully saturated rings. The molecule has 8 heteroatoms. The van der Waals surface area contributed by atoms with Gasteiger partial charge < -0.3 is 14.5 Å². The Balaban J connectivity index is 1.41. The Labute approximate surface area is 181 Å². The van der Waals surface area contributed by atoms with Crippen molar-refractivity contribution in [1.29, 1.82) is 0 Å². The second-order valence-electron chi connectivity index (χ2n) is 6.36. The minimum absolute atomic E-state index is 0.227. The van der Waals surface area contributed by atoms with Gasteiger partial charge in [-0.05, 0) is 48.0 Å². The second kappa shape index (κ2) is 9.11. The summed E-state index contributed by atoms with van der Waals surface area (Å²) in [7, 11) is 0. The summed E-state index contributed by atoms with van der Waals surface area (Å²) in [6, 6.07) is 15.0. The van der Waals surface area contributed by atoms with Crippen molar-refractivity contribution in [1.82, 2.24) is 10.3 Å². The van der Waals surface area contributed by atoms with Crippen LogP contribution in [0, 0.1) is 5.82 Å². The Bertz CT molecular complexity index is 1160. The predicted molar refractivity (Wildman–Crippen MR) is 113 cm³/mol. The van der Waals surface area contributed by atoms with E-state index in [-0.39, 0.29) is 24.9 Å². The van der Waals surface area contributed by atoms with Crippen molar-refractivity contribution in [2.75, 3.05) is 0 Å². The lowest BCUT2D eigenvalue weighted by Gasteiger charge is -2.08. The highest BCUT2D eigenvalue weighted by Gasteiger charge is 2.14. The number of hydrogen-bond acceptors (Lipinski definition) is 5. The van der Waals surface area contributed by atoms with Crippen LogP contribution in [0.2, 0.25) is 5.02 Å². The summed E-state index contributed by atoms with van der Waals surface area (Å²) in [6.45, 7) is 0.515. The summed E-state index contributed by atoms with van der Waals surface area (Å²) < 4.78 is 24.1. The number of rotatable bonds is 7. The van der Waals surface area contributed by atoms with Crippen LogP contribution >= 0.6 is 22.9 Å².